The number of ether oxygens (including phenoxy) is 2. The molecule has 2 aliphatic rings. The number of esters is 2. The smallest absolute Gasteiger partial charge is 0.327 e. The van der Waals surface area contributed by atoms with Gasteiger partial charge in [-0.15, -0.1) is 0 Å². The highest BCUT2D eigenvalue weighted by atomic mass is 16.6. The molecule has 1 unspecified atom stereocenters. The van der Waals surface area contributed by atoms with Gasteiger partial charge in [0.25, 0.3) is 0 Å². The largest absolute Gasteiger partial charge is 0.465 e. The second-order valence-electron chi connectivity index (χ2n) is 6.19. The first-order chi connectivity index (χ1) is 12.0. The summed E-state index contributed by atoms with van der Waals surface area (Å²) < 4.78 is 10.4. The highest BCUT2D eigenvalue weighted by Crippen LogP contribution is 2.52. The molecule has 5 nitrogen and oxygen atoms in total. The van der Waals surface area contributed by atoms with E-state index in [-0.39, 0.29) is 19.6 Å². The predicted octanol–water partition coefficient (Wildman–Crippen LogP) is 3.27. The van der Waals surface area contributed by atoms with Gasteiger partial charge in [0.1, 0.15) is 0 Å². The first kappa shape index (κ1) is 17.1. The van der Waals surface area contributed by atoms with Gasteiger partial charge < -0.3 is 9.47 Å². The van der Waals surface area contributed by atoms with Gasteiger partial charge in [0.15, 0.2) is 5.41 Å². The Morgan fingerprint density at radius 1 is 1.16 bits per heavy atom. The molecule has 1 aromatic rings. The summed E-state index contributed by atoms with van der Waals surface area (Å²) in [4.78, 5) is 30.0. The van der Waals surface area contributed by atoms with Gasteiger partial charge in [-0.25, -0.2) is 0 Å². The number of fused-ring (bicyclic) bond motifs is 2. The van der Waals surface area contributed by atoms with Gasteiger partial charge in [-0.2, -0.15) is 0 Å². The van der Waals surface area contributed by atoms with E-state index in [9.17, 15) is 9.59 Å². The van der Waals surface area contributed by atoms with Crippen LogP contribution in [0.2, 0.25) is 0 Å². The van der Waals surface area contributed by atoms with Crippen LogP contribution in [0.25, 0.3) is 0 Å². The monoisotopic (exact) mass is 339 g/mol. The number of hydrogen-bond donors (Lipinski definition) is 0. The molecular formula is C20H21NO4. The van der Waals surface area contributed by atoms with Crippen molar-refractivity contribution in [3.63, 3.8) is 0 Å². The molecular weight excluding hydrogens is 318 g/mol. The second-order valence-corrected chi connectivity index (χ2v) is 6.19. The fourth-order valence-corrected chi connectivity index (χ4v) is 3.50. The maximum atomic E-state index is 12.7. The molecule has 25 heavy (non-hydrogen) atoms. The first-order valence-electron chi connectivity index (χ1n) is 8.38. The number of carbonyl (C=O) groups excluding carboxylic acids is 2. The summed E-state index contributed by atoms with van der Waals surface area (Å²) in [6.45, 7) is 7.94. The summed E-state index contributed by atoms with van der Waals surface area (Å²) in [5.41, 5.74) is 0.315. The summed E-state index contributed by atoms with van der Waals surface area (Å²) in [7, 11) is 0. The molecule has 0 saturated carbocycles. The zero-order chi connectivity index (χ0) is 18.1. The molecule has 0 radical (unpaired) electrons. The third-order valence-electron chi connectivity index (χ3n) is 4.79. The molecule has 1 heterocycles. The zero-order valence-corrected chi connectivity index (χ0v) is 14.5. The van der Waals surface area contributed by atoms with Crippen molar-refractivity contribution >= 4 is 23.8 Å². The van der Waals surface area contributed by atoms with Crippen molar-refractivity contribution in [1.29, 1.82) is 0 Å². The van der Waals surface area contributed by atoms with Gasteiger partial charge in [-0.1, -0.05) is 36.9 Å². The molecule has 1 atom stereocenters. The van der Waals surface area contributed by atoms with E-state index in [4.69, 9.17) is 9.47 Å². The summed E-state index contributed by atoms with van der Waals surface area (Å²) in [5, 5.41) is 0. The third kappa shape index (κ3) is 2.51. The summed E-state index contributed by atoms with van der Waals surface area (Å²) in [5.74, 6) is -1.20. The number of hydrogen-bond acceptors (Lipinski definition) is 5. The molecule has 1 spiro atoms. The van der Waals surface area contributed by atoms with Crippen LogP contribution in [0.15, 0.2) is 53.6 Å². The normalized spacial score (nSPS) is 22.7. The standard InChI is InChI=1S/C20H21NO4/c1-4-24-17(22)19(18(23)25-5-2)11-10-14(3)20(12-19)13-21-16-9-7-6-8-15(16)20/h6-11,13H,3-5,12H2,1-2H3. The van der Waals surface area contributed by atoms with Crippen molar-refractivity contribution in [3.8, 4) is 0 Å². The predicted molar refractivity (Wildman–Crippen MR) is 94.9 cm³/mol. The molecule has 1 aliphatic heterocycles. The molecule has 130 valence electrons. The van der Waals surface area contributed by atoms with Gasteiger partial charge in [-0.05, 0) is 37.5 Å². The Kier molecular flexibility index (Phi) is 4.33. The zero-order valence-electron chi connectivity index (χ0n) is 14.5. The molecule has 0 N–H and O–H groups in total. The maximum absolute atomic E-state index is 12.7. The minimum Gasteiger partial charge on any atom is -0.465 e. The Morgan fingerprint density at radius 2 is 1.80 bits per heavy atom. The highest BCUT2D eigenvalue weighted by Gasteiger charge is 2.56. The molecule has 3 rings (SSSR count). The molecule has 0 bridgehead atoms. The average molecular weight is 339 g/mol. The van der Waals surface area contributed by atoms with E-state index in [1.807, 2.05) is 24.3 Å². The van der Waals surface area contributed by atoms with E-state index in [1.165, 1.54) is 0 Å². The van der Waals surface area contributed by atoms with Crippen LogP contribution in [0.4, 0.5) is 5.69 Å². The summed E-state index contributed by atoms with van der Waals surface area (Å²) >= 11 is 0. The number of aliphatic imine (C=N–C) groups is 1. The number of nitrogens with zero attached hydrogens (tertiary/aromatic N) is 1. The molecule has 0 aromatic heterocycles. The van der Waals surface area contributed by atoms with E-state index in [1.54, 1.807) is 32.2 Å². The van der Waals surface area contributed by atoms with Gasteiger partial charge in [0.2, 0.25) is 0 Å². The van der Waals surface area contributed by atoms with Crippen molar-refractivity contribution in [2.75, 3.05) is 13.2 Å². The van der Waals surface area contributed by atoms with Crippen molar-refractivity contribution in [3.05, 3.63) is 54.1 Å². The van der Waals surface area contributed by atoms with E-state index >= 15 is 0 Å². The average Bonchev–Trinajstić information content (AvgIpc) is 2.97. The Labute approximate surface area is 147 Å². The van der Waals surface area contributed by atoms with Gasteiger partial charge in [0, 0.05) is 6.21 Å². The number of allylic oxidation sites excluding steroid dienone is 2. The van der Waals surface area contributed by atoms with Crippen LogP contribution >= 0.6 is 0 Å². The van der Waals surface area contributed by atoms with Crippen LogP contribution in [0.5, 0.6) is 0 Å². The summed E-state index contributed by atoms with van der Waals surface area (Å²) in [6, 6.07) is 7.67. The number of carbonyl (C=O) groups is 2. The molecule has 0 saturated heterocycles. The van der Waals surface area contributed by atoms with Gasteiger partial charge >= 0.3 is 11.9 Å². The van der Waals surface area contributed by atoms with Crippen molar-refractivity contribution in [2.24, 2.45) is 10.4 Å². The fraction of sp³-hybridized carbons (Fsp3) is 0.350. The van der Waals surface area contributed by atoms with E-state index in [0.29, 0.717) is 0 Å². The first-order valence-corrected chi connectivity index (χ1v) is 8.38. The lowest BCUT2D eigenvalue weighted by molar-refractivity contribution is -0.169. The quantitative estimate of drug-likeness (QED) is 0.624. The van der Waals surface area contributed by atoms with Crippen LogP contribution in [0.1, 0.15) is 25.8 Å². The van der Waals surface area contributed by atoms with Gasteiger partial charge in [-0.3, -0.25) is 14.6 Å². The SMILES string of the molecule is C=C1C=CC(C(=O)OCC)(C(=O)OCC)CC12C=Nc1ccccc12. The van der Waals surface area contributed by atoms with Crippen molar-refractivity contribution < 1.29 is 19.1 Å². The van der Waals surface area contributed by atoms with Gasteiger partial charge in [0.05, 0.1) is 24.3 Å². The number of rotatable bonds is 4. The van der Waals surface area contributed by atoms with Crippen LogP contribution in [0.3, 0.4) is 0 Å². The molecule has 1 aromatic carbocycles. The molecule has 5 heteroatoms. The van der Waals surface area contributed by atoms with Crippen LogP contribution in [0, 0.1) is 5.41 Å². The lowest BCUT2D eigenvalue weighted by atomic mass is 9.61. The lowest BCUT2D eigenvalue weighted by Crippen LogP contribution is -2.48. The van der Waals surface area contributed by atoms with Crippen molar-refractivity contribution in [2.45, 2.75) is 25.7 Å². The second kappa shape index (κ2) is 6.31. The number of para-hydroxylation sites is 1. The topological polar surface area (TPSA) is 65.0 Å². The van der Waals surface area contributed by atoms with E-state index in [0.717, 1.165) is 16.8 Å². The Bertz CT molecular complexity index is 775. The lowest BCUT2D eigenvalue weighted by Gasteiger charge is -2.40. The minimum absolute atomic E-state index is 0.160. The highest BCUT2D eigenvalue weighted by molar-refractivity contribution is 6.05. The maximum Gasteiger partial charge on any atom is 0.327 e. The van der Waals surface area contributed by atoms with Crippen molar-refractivity contribution in [1.82, 2.24) is 0 Å². The molecule has 0 amide bonds. The Balaban J connectivity index is 2.13. The Hall–Kier alpha value is -2.69. The summed E-state index contributed by atoms with van der Waals surface area (Å²) in [6.07, 6.45) is 5.21. The number of benzene rings is 1. The molecule has 0 fully saturated rings. The van der Waals surface area contributed by atoms with Crippen LogP contribution in [-0.4, -0.2) is 31.4 Å². The third-order valence-corrected chi connectivity index (χ3v) is 4.79. The van der Waals surface area contributed by atoms with E-state index < -0.39 is 22.8 Å². The minimum atomic E-state index is -1.50. The van der Waals surface area contributed by atoms with Crippen LogP contribution < -0.4 is 0 Å². The Morgan fingerprint density at radius 3 is 2.44 bits per heavy atom. The molecule has 1 aliphatic carbocycles. The fourth-order valence-electron chi connectivity index (χ4n) is 3.50. The van der Waals surface area contributed by atoms with Crippen LogP contribution in [-0.2, 0) is 24.5 Å². The van der Waals surface area contributed by atoms with E-state index in [2.05, 4.69) is 11.6 Å².